The van der Waals surface area contributed by atoms with Gasteiger partial charge in [0, 0.05) is 25.9 Å². The monoisotopic (exact) mass is 171 g/mol. The van der Waals surface area contributed by atoms with Gasteiger partial charge in [0.2, 0.25) is 0 Å². The highest BCUT2D eigenvalue weighted by Gasteiger charge is 2.11. The molecule has 70 valence electrons. The van der Waals surface area contributed by atoms with E-state index in [9.17, 15) is 4.79 Å². The first-order chi connectivity index (χ1) is 5.31. The molecule has 1 N–H and O–H groups in total. The Morgan fingerprint density at radius 2 is 2.00 bits per heavy atom. The summed E-state index contributed by atoms with van der Waals surface area (Å²) in [6.07, 6.45) is 2.72. The van der Waals surface area contributed by atoms with Crippen molar-refractivity contribution in [3.63, 3.8) is 0 Å². The fraction of sp³-hybridized carbons (Fsp3) is 0.667. The second-order valence-corrected chi connectivity index (χ2v) is 4.13. The van der Waals surface area contributed by atoms with Crippen molar-refractivity contribution in [2.24, 2.45) is 5.41 Å². The Balaban J connectivity index is 3.90. The van der Waals surface area contributed by atoms with E-state index in [1.54, 1.807) is 6.20 Å². The molecule has 0 aromatic heterocycles. The smallest absolute Gasteiger partial charge is 0.329 e. The molecule has 0 aliphatic rings. The highest BCUT2D eigenvalue weighted by atomic mass is 16.4. The summed E-state index contributed by atoms with van der Waals surface area (Å²) in [6, 6.07) is 0. The van der Waals surface area contributed by atoms with Crippen LogP contribution in [0.5, 0.6) is 0 Å². The summed E-state index contributed by atoms with van der Waals surface area (Å²) in [5, 5.41) is 8.35. The van der Waals surface area contributed by atoms with Crippen molar-refractivity contribution in [1.29, 1.82) is 0 Å². The maximum absolute atomic E-state index is 10.2. The molecule has 3 heteroatoms. The third kappa shape index (κ3) is 7.12. The minimum atomic E-state index is -0.907. The van der Waals surface area contributed by atoms with Crippen LogP contribution < -0.4 is 0 Å². The first kappa shape index (κ1) is 11.0. The standard InChI is InChI=1S/C9H17NO2/c1-9(2,3)7-10(4)6-5-8(11)12/h5-6H,7H2,1-4H3,(H,11,12). The van der Waals surface area contributed by atoms with Crippen LogP contribution in [-0.4, -0.2) is 29.6 Å². The summed E-state index contributed by atoms with van der Waals surface area (Å²) in [7, 11) is 1.87. The van der Waals surface area contributed by atoms with E-state index in [1.807, 2.05) is 11.9 Å². The summed E-state index contributed by atoms with van der Waals surface area (Å²) in [5.41, 5.74) is 0.192. The minimum absolute atomic E-state index is 0.192. The Morgan fingerprint density at radius 1 is 1.50 bits per heavy atom. The number of rotatable bonds is 3. The molecule has 0 amide bonds. The largest absolute Gasteiger partial charge is 0.478 e. The zero-order chi connectivity index (χ0) is 9.78. The number of nitrogens with zero attached hydrogens (tertiary/aromatic N) is 1. The van der Waals surface area contributed by atoms with Gasteiger partial charge >= 0.3 is 5.97 Å². The topological polar surface area (TPSA) is 40.5 Å². The molecule has 0 aromatic carbocycles. The summed E-state index contributed by atoms with van der Waals surface area (Å²) in [6.45, 7) is 7.17. The van der Waals surface area contributed by atoms with Gasteiger partial charge in [-0.15, -0.1) is 0 Å². The molecule has 0 aliphatic carbocycles. The van der Waals surface area contributed by atoms with Gasteiger partial charge in [0.1, 0.15) is 0 Å². The third-order valence-electron chi connectivity index (χ3n) is 1.20. The molecular formula is C9H17NO2. The lowest BCUT2D eigenvalue weighted by atomic mass is 9.96. The van der Waals surface area contributed by atoms with E-state index in [2.05, 4.69) is 20.8 Å². The van der Waals surface area contributed by atoms with Gasteiger partial charge in [0.15, 0.2) is 0 Å². The van der Waals surface area contributed by atoms with Crippen molar-refractivity contribution in [1.82, 2.24) is 4.90 Å². The van der Waals surface area contributed by atoms with Gasteiger partial charge in [-0.2, -0.15) is 0 Å². The molecule has 0 bridgehead atoms. The van der Waals surface area contributed by atoms with E-state index in [0.717, 1.165) is 12.6 Å². The predicted octanol–water partition coefficient (Wildman–Crippen LogP) is 1.56. The first-order valence-electron chi connectivity index (χ1n) is 3.92. The van der Waals surface area contributed by atoms with Crippen LogP contribution in [-0.2, 0) is 4.79 Å². The van der Waals surface area contributed by atoms with Crippen molar-refractivity contribution < 1.29 is 9.90 Å². The Kier molecular flexibility index (Phi) is 3.80. The normalized spacial score (nSPS) is 12.0. The molecule has 0 atom stereocenters. The molecule has 0 rings (SSSR count). The Hall–Kier alpha value is -0.990. The van der Waals surface area contributed by atoms with Crippen LogP contribution in [0.1, 0.15) is 20.8 Å². The van der Waals surface area contributed by atoms with Crippen LogP contribution in [0.25, 0.3) is 0 Å². The molecule has 0 heterocycles. The van der Waals surface area contributed by atoms with E-state index >= 15 is 0 Å². The predicted molar refractivity (Wildman–Crippen MR) is 48.9 cm³/mol. The maximum Gasteiger partial charge on any atom is 0.329 e. The van der Waals surface area contributed by atoms with Crippen molar-refractivity contribution in [3.8, 4) is 0 Å². The lowest BCUT2D eigenvalue weighted by Crippen LogP contribution is -2.25. The van der Waals surface area contributed by atoms with E-state index in [0.29, 0.717) is 0 Å². The van der Waals surface area contributed by atoms with Crippen LogP contribution in [0.3, 0.4) is 0 Å². The second kappa shape index (κ2) is 4.14. The number of carbonyl (C=O) groups is 1. The maximum atomic E-state index is 10.2. The van der Waals surface area contributed by atoms with Crippen LogP contribution in [0.4, 0.5) is 0 Å². The summed E-state index contributed by atoms with van der Waals surface area (Å²) in [5.74, 6) is -0.907. The van der Waals surface area contributed by atoms with Gasteiger partial charge in [-0.3, -0.25) is 0 Å². The molecule has 0 radical (unpaired) electrons. The summed E-state index contributed by atoms with van der Waals surface area (Å²) >= 11 is 0. The van der Waals surface area contributed by atoms with Crippen LogP contribution in [0.2, 0.25) is 0 Å². The number of carboxylic acid groups (broad SMARTS) is 1. The fourth-order valence-electron chi connectivity index (χ4n) is 0.992. The number of aliphatic carboxylic acids is 1. The highest BCUT2D eigenvalue weighted by Crippen LogP contribution is 2.13. The lowest BCUT2D eigenvalue weighted by molar-refractivity contribution is -0.131. The van der Waals surface area contributed by atoms with Gasteiger partial charge in [-0.25, -0.2) is 4.79 Å². The molecule has 0 aliphatic heterocycles. The molecule has 0 saturated carbocycles. The molecule has 0 spiro atoms. The Labute approximate surface area is 73.7 Å². The minimum Gasteiger partial charge on any atom is -0.478 e. The van der Waals surface area contributed by atoms with Crippen molar-refractivity contribution in [2.45, 2.75) is 20.8 Å². The number of hydrogen-bond acceptors (Lipinski definition) is 2. The van der Waals surface area contributed by atoms with E-state index in [-0.39, 0.29) is 5.41 Å². The average Bonchev–Trinajstić information content (AvgIpc) is 1.79. The Bertz CT molecular complexity index is 179. The van der Waals surface area contributed by atoms with E-state index in [1.165, 1.54) is 0 Å². The molecule has 0 unspecified atom stereocenters. The second-order valence-electron chi connectivity index (χ2n) is 4.13. The zero-order valence-electron chi connectivity index (χ0n) is 8.16. The fourth-order valence-corrected chi connectivity index (χ4v) is 0.992. The van der Waals surface area contributed by atoms with E-state index in [4.69, 9.17) is 5.11 Å². The molecule has 0 saturated heterocycles. The molecule has 0 aromatic rings. The summed E-state index contributed by atoms with van der Waals surface area (Å²) in [4.78, 5) is 12.0. The molecule has 0 fully saturated rings. The zero-order valence-corrected chi connectivity index (χ0v) is 8.16. The number of hydrogen-bond donors (Lipinski definition) is 1. The van der Waals surface area contributed by atoms with Gasteiger partial charge in [0.05, 0.1) is 0 Å². The quantitative estimate of drug-likeness (QED) is 0.655. The average molecular weight is 171 g/mol. The van der Waals surface area contributed by atoms with E-state index < -0.39 is 5.97 Å². The Morgan fingerprint density at radius 3 is 2.33 bits per heavy atom. The first-order valence-corrected chi connectivity index (χ1v) is 3.92. The van der Waals surface area contributed by atoms with Gasteiger partial charge in [0.25, 0.3) is 0 Å². The lowest BCUT2D eigenvalue weighted by Gasteiger charge is -2.24. The third-order valence-corrected chi connectivity index (χ3v) is 1.20. The van der Waals surface area contributed by atoms with Crippen molar-refractivity contribution in [2.75, 3.05) is 13.6 Å². The van der Waals surface area contributed by atoms with Gasteiger partial charge in [-0.1, -0.05) is 20.8 Å². The molecule has 3 nitrogen and oxygen atoms in total. The molecule has 12 heavy (non-hydrogen) atoms. The van der Waals surface area contributed by atoms with Crippen molar-refractivity contribution >= 4 is 5.97 Å². The van der Waals surface area contributed by atoms with Crippen LogP contribution in [0.15, 0.2) is 12.3 Å². The van der Waals surface area contributed by atoms with Crippen molar-refractivity contribution in [3.05, 3.63) is 12.3 Å². The van der Waals surface area contributed by atoms with Gasteiger partial charge < -0.3 is 10.0 Å². The van der Waals surface area contributed by atoms with Crippen LogP contribution >= 0.6 is 0 Å². The van der Waals surface area contributed by atoms with Crippen LogP contribution in [0, 0.1) is 5.41 Å². The summed E-state index contributed by atoms with van der Waals surface area (Å²) < 4.78 is 0. The van der Waals surface area contributed by atoms with Gasteiger partial charge in [-0.05, 0) is 5.41 Å². The molecular weight excluding hydrogens is 154 g/mol. The SMILES string of the molecule is CN(C=CC(=O)O)CC(C)(C)C. The highest BCUT2D eigenvalue weighted by molar-refractivity contribution is 5.79. The number of carboxylic acids is 1.